The van der Waals surface area contributed by atoms with Crippen LogP contribution in [0.2, 0.25) is 15.1 Å². The van der Waals surface area contributed by atoms with Crippen molar-refractivity contribution in [3.63, 3.8) is 0 Å². The van der Waals surface area contributed by atoms with Gasteiger partial charge in [-0.2, -0.15) is 0 Å². The van der Waals surface area contributed by atoms with Crippen molar-refractivity contribution in [3.8, 4) is 5.75 Å². The van der Waals surface area contributed by atoms with Crippen LogP contribution < -0.4 is 9.64 Å². The van der Waals surface area contributed by atoms with Crippen molar-refractivity contribution in [1.82, 2.24) is 0 Å². The van der Waals surface area contributed by atoms with Crippen LogP contribution in [0.15, 0.2) is 60.2 Å². The third kappa shape index (κ3) is 4.16. The van der Waals surface area contributed by atoms with E-state index in [0.29, 0.717) is 16.3 Å². The zero-order valence-electron chi connectivity index (χ0n) is 18.5. The summed E-state index contributed by atoms with van der Waals surface area (Å²) >= 11 is 18.6. The number of hydrogen-bond donors (Lipinski definition) is 1. The van der Waals surface area contributed by atoms with E-state index in [4.69, 9.17) is 39.5 Å². The highest BCUT2D eigenvalue weighted by Crippen LogP contribution is 2.45. The summed E-state index contributed by atoms with van der Waals surface area (Å²) < 4.78 is 5.41. The number of carbonyl (C=O) groups excluding carboxylic acids is 2. The first-order valence-corrected chi connectivity index (χ1v) is 11.4. The molecule has 3 aromatic rings. The van der Waals surface area contributed by atoms with E-state index in [1.807, 2.05) is 25.1 Å². The number of amides is 1. The lowest BCUT2D eigenvalue weighted by atomic mass is 9.93. The number of aliphatic hydroxyl groups is 1. The minimum Gasteiger partial charge on any atom is -0.507 e. The number of aryl methyl sites for hydroxylation is 2. The molecule has 0 aliphatic carbocycles. The summed E-state index contributed by atoms with van der Waals surface area (Å²) in [6.45, 7) is 3.70. The van der Waals surface area contributed by atoms with Gasteiger partial charge in [0.15, 0.2) is 0 Å². The molecule has 0 radical (unpaired) electrons. The summed E-state index contributed by atoms with van der Waals surface area (Å²) in [5.74, 6) is -1.82. The van der Waals surface area contributed by atoms with Gasteiger partial charge in [0.25, 0.3) is 11.7 Å². The van der Waals surface area contributed by atoms with Crippen LogP contribution in [0.4, 0.5) is 5.69 Å². The van der Waals surface area contributed by atoms with Crippen molar-refractivity contribution in [2.45, 2.75) is 19.9 Å². The number of carbonyl (C=O) groups is 2. The molecule has 4 rings (SSSR count). The lowest BCUT2D eigenvalue weighted by Gasteiger charge is -2.26. The van der Waals surface area contributed by atoms with Gasteiger partial charge in [0.1, 0.15) is 11.5 Å². The van der Waals surface area contributed by atoms with E-state index in [2.05, 4.69) is 0 Å². The van der Waals surface area contributed by atoms with E-state index in [9.17, 15) is 14.7 Å². The Balaban J connectivity index is 2.02. The topological polar surface area (TPSA) is 66.8 Å². The Labute approximate surface area is 212 Å². The zero-order chi connectivity index (χ0) is 24.7. The molecule has 1 N–H and O–H groups in total. The van der Waals surface area contributed by atoms with Crippen molar-refractivity contribution in [2.24, 2.45) is 0 Å². The average Bonchev–Trinajstić information content (AvgIpc) is 3.05. The molecular weight excluding hydrogens is 497 g/mol. The number of halogens is 3. The maximum absolute atomic E-state index is 13.4. The number of nitrogens with zero attached hydrogens (tertiary/aromatic N) is 1. The number of hydrogen-bond acceptors (Lipinski definition) is 4. The predicted octanol–water partition coefficient (Wildman–Crippen LogP) is 6.90. The Kier molecular flexibility index (Phi) is 6.63. The van der Waals surface area contributed by atoms with Crippen molar-refractivity contribution >= 4 is 57.9 Å². The van der Waals surface area contributed by atoms with Crippen LogP contribution in [0.25, 0.3) is 5.76 Å². The van der Waals surface area contributed by atoms with Gasteiger partial charge in [0.2, 0.25) is 0 Å². The van der Waals surface area contributed by atoms with Gasteiger partial charge >= 0.3 is 0 Å². The van der Waals surface area contributed by atoms with Gasteiger partial charge in [-0.25, -0.2) is 0 Å². The quantitative estimate of drug-likeness (QED) is 0.233. The summed E-state index contributed by atoms with van der Waals surface area (Å²) in [6.07, 6.45) is 0. The molecule has 1 amide bonds. The van der Waals surface area contributed by atoms with Crippen molar-refractivity contribution in [1.29, 1.82) is 0 Å². The second kappa shape index (κ2) is 9.34. The smallest absolute Gasteiger partial charge is 0.300 e. The summed E-state index contributed by atoms with van der Waals surface area (Å²) in [7, 11) is 1.42. The number of anilines is 1. The van der Waals surface area contributed by atoms with Crippen LogP contribution in [-0.2, 0) is 9.59 Å². The molecule has 8 heteroatoms. The molecule has 1 aliphatic rings. The van der Waals surface area contributed by atoms with Gasteiger partial charge in [0.05, 0.1) is 39.4 Å². The first-order valence-electron chi connectivity index (χ1n) is 10.3. The number of ketones is 1. The van der Waals surface area contributed by atoms with Gasteiger partial charge in [-0.15, -0.1) is 0 Å². The number of methoxy groups -OCH3 is 1. The lowest BCUT2D eigenvalue weighted by Crippen LogP contribution is -2.29. The summed E-state index contributed by atoms with van der Waals surface area (Å²) in [4.78, 5) is 28.0. The van der Waals surface area contributed by atoms with Crippen LogP contribution in [0, 0.1) is 13.8 Å². The van der Waals surface area contributed by atoms with Gasteiger partial charge in [-0.3, -0.25) is 14.5 Å². The number of ether oxygens (including phenoxy) is 1. The molecule has 1 unspecified atom stereocenters. The van der Waals surface area contributed by atoms with Crippen LogP contribution in [0.1, 0.15) is 28.3 Å². The fourth-order valence-electron chi connectivity index (χ4n) is 4.15. The second-order valence-electron chi connectivity index (χ2n) is 8.01. The van der Waals surface area contributed by atoms with E-state index in [0.717, 1.165) is 11.1 Å². The van der Waals surface area contributed by atoms with Gasteiger partial charge in [-0.05, 0) is 55.3 Å². The molecule has 34 heavy (non-hydrogen) atoms. The van der Waals surface area contributed by atoms with E-state index in [1.165, 1.54) is 18.1 Å². The van der Waals surface area contributed by atoms with E-state index >= 15 is 0 Å². The summed E-state index contributed by atoms with van der Waals surface area (Å²) in [5, 5.41) is 12.2. The largest absolute Gasteiger partial charge is 0.507 e. The van der Waals surface area contributed by atoms with E-state index in [1.54, 1.807) is 37.3 Å². The molecule has 0 saturated carbocycles. The standard InChI is InChI=1S/C26H20Cl3NO4/c1-13-5-4-6-15(9-13)22-21(23(31)17-10-14(2)11-20(29)25(17)34-3)24(32)26(33)30(22)16-7-8-18(27)19(28)12-16/h4-12,22,31H,1-3H3/b23-21+. The van der Waals surface area contributed by atoms with Crippen molar-refractivity contribution < 1.29 is 19.4 Å². The molecule has 0 bridgehead atoms. The Hall–Kier alpha value is -2.99. The van der Waals surface area contributed by atoms with Gasteiger partial charge in [-0.1, -0.05) is 64.6 Å². The third-order valence-corrected chi connectivity index (χ3v) is 6.65. The number of aliphatic hydroxyl groups excluding tert-OH is 1. The second-order valence-corrected chi connectivity index (χ2v) is 9.23. The minimum atomic E-state index is -0.916. The maximum Gasteiger partial charge on any atom is 0.300 e. The SMILES string of the molecule is COc1c(Cl)cc(C)cc1/C(O)=C1\C(=O)C(=O)N(c2ccc(Cl)c(Cl)c2)C1c1cccc(C)c1. The monoisotopic (exact) mass is 515 g/mol. The molecule has 174 valence electrons. The Morgan fingerprint density at radius 1 is 0.912 bits per heavy atom. The third-order valence-electron chi connectivity index (χ3n) is 5.63. The van der Waals surface area contributed by atoms with E-state index < -0.39 is 17.7 Å². The molecule has 1 aliphatic heterocycles. The molecule has 0 aromatic heterocycles. The molecule has 1 atom stereocenters. The normalized spacial score (nSPS) is 17.4. The first kappa shape index (κ1) is 24.1. The summed E-state index contributed by atoms with van der Waals surface area (Å²) in [5.41, 5.74) is 2.83. The van der Waals surface area contributed by atoms with Crippen molar-refractivity contribution in [3.05, 3.63) is 97.5 Å². The molecule has 1 saturated heterocycles. The fraction of sp³-hybridized carbons (Fsp3) is 0.154. The van der Waals surface area contributed by atoms with Crippen LogP contribution in [0.3, 0.4) is 0 Å². The fourth-order valence-corrected chi connectivity index (χ4v) is 4.79. The average molecular weight is 517 g/mol. The molecule has 3 aromatic carbocycles. The van der Waals surface area contributed by atoms with Crippen molar-refractivity contribution in [2.75, 3.05) is 12.0 Å². The first-order chi connectivity index (χ1) is 16.1. The molecule has 0 spiro atoms. The van der Waals surface area contributed by atoms with Crippen LogP contribution in [0.5, 0.6) is 5.75 Å². The van der Waals surface area contributed by atoms with Crippen LogP contribution >= 0.6 is 34.8 Å². The highest BCUT2D eigenvalue weighted by Gasteiger charge is 2.47. The number of benzene rings is 3. The minimum absolute atomic E-state index is 0.0818. The number of Topliss-reactive ketones (excluding diaryl/α,β-unsaturated/α-hetero) is 1. The zero-order valence-corrected chi connectivity index (χ0v) is 20.8. The summed E-state index contributed by atoms with van der Waals surface area (Å²) in [6, 6.07) is 14.5. The number of rotatable bonds is 4. The predicted molar refractivity (Wildman–Crippen MR) is 135 cm³/mol. The lowest BCUT2D eigenvalue weighted by molar-refractivity contribution is -0.132. The molecule has 1 heterocycles. The molecule has 5 nitrogen and oxygen atoms in total. The highest BCUT2D eigenvalue weighted by molar-refractivity contribution is 6.52. The Bertz CT molecular complexity index is 1370. The molecular formula is C26H20Cl3NO4. The molecule has 1 fully saturated rings. The van der Waals surface area contributed by atoms with Crippen LogP contribution in [-0.4, -0.2) is 23.9 Å². The Morgan fingerprint density at radius 2 is 1.65 bits per heavy atom. The Morgan fingerprint density at radius 3 is 2.29 bits per heavy atom. The van der Waals surface area contributed by atoms with E-state index in [-0.39, 0.29) is 32.7 Å². The maximum atomic E-state index is 13.4. The van der Waals surface area contributed by atoms with Gasteiger partial charge in [0, 0.05) is 5.69 Å². The highest BCUT2D eigenvalue weighted by atomic mass is 35.5. The van der Waals surface area contributed by atoms with Gasteiger partial charge < -0.3 is 9.84 Å².